The lowest BCUT2D eigenvalue weighted by atomic mass is 9.89. The fraction of sp³-hybridized carbons (Fsp3) is 0.400. The summed E-state index contributed by atoms with van der Waals surface area (Å²) in [4.78, 5) is 12.2. The summed E-state index contributed by atoms with van der Waals surface area (Å²) in [5, 5.41) is 2.93. The summed E-state index contributed by atoms with van der Waals surface area (Å²) >= 11 is 0. The van der Waals surface area contributed by atoms with Gasteiger partial charge in [-0.2, -0.15) is 0 Å². The molecule has 0 aliphatic carbocycles. The van der Waals surface area contributed by atoms with Gasteiger partial charge >= 0.3 is 0 Å². The molecule has 0 bridgehead atoms. The number of hydrogen-bond acceptors (Lipinski definition) is 2. The number of anilines is 1. The first-order valence-corrected chi connectivity index (χ1v) is 6.16. The molecule has 1 fully saturated rings. The Morgan fingerprint density at radius 3 is 3.11 bits per heavy atom. The Balaban J connectivity index is 2.04. The number of nitrogens with one attached hydrogen (secondary N) is 1. The number of carbonyl (C=O) groups is 1. The molecule has 94 valence electrons. The highest BCUT2D eigenvalue weighted by atomic mass is 16.5. The zero-order chi connectivity index (χ0) is 13.0. The van der Waals surface area contributed by atoms with Crippen LogP contribution in [-0.2, 0) is 9.53 Å². The lowest BCUT2D eigenvalue weighted by Gasteiger charge is -2.27. The van der Waals surface area contributed by atoms with Gasteiger partial charge in [0.05, 0.1) is 0 Å². The van der Waals surface area contributed by atoms with Gasteiger partial charge in [-0.15, -0.1) is 6.42 Å². The average molecular weight is 243 g/mol. The van der Waals surface area contributed by atoms with E-state index in [2.05, 4.69) is 11.2 Å². The molecule has 0 radical (unpaired) electrons. The Labute approximate surface area is 108 Å². The van der Waals surface area contributed by atoms with Gasteiger partial charge in [0.25, 0.3) is 0 Å². The molecule has 1 aromatic rings. The van der Waals surface area contributed by atoms with Crippen LogP contribution in [0.25, 0.3) is 0 Å². The molecule has 1 aliphatic rings. The summed E-state index contributed by atoms with van der Waals surface area (Å²) in [5.41, 5.74) is 1.53. The van der Waals surface area contributed by atoms with E-state index in [0.717, 1.165) is 17.7 Å². The van der Waals surface area contributed by atoms with Crippen molar-refractivity contribution >= 4 is 11.6 Å². The fourth-order valence-electron chi connectivity index (χ4n) is 2.19. The fourth-order valence-corrected chi connectivity index (χ4v) is 2.19. The van der Waals surface area contributed by atoms with Gasteiger partial charge in [0.2, 0.25) is 5.91 Å². The van der Waals surface area contributed by atoms with Gasteiger partial charge in [-0.3, -0.25) is 4.79 Å². The first-order valence-electron chi connectivity index (χ1n) is 6.16. The Bertz CT molecular complexity index is 476. The SMILES string of the molecule is C#Cc1cccc(NC(=O)C2CCOCC2C)c1. The van der Waals surface area contributed by atoms with Crippen molar-refractivity contribution in [3.63, 3.8) is 0 Å². The number of benzene rings is 1. The molecular weight excluding hydrogens is 226 g/mol. The largest absolute Gasteiger partial charge is 0.381 e. The summed E-state index contributed by atoms with van der Waals surface area (Å²) in [5.74, 6) is 2.89. The number of carbonyl (C=O) groups excluding carboxylic acids is 1. The van der Waals surface area contributed by atoms with E-state index < -0.39 is 0 Å². The van der Waals surface area contributed by atoms with Gasteiger partial charge in [0.1, 0.15) is 0 Å². The van der Waals surface area contributed by atoms with E-state index in [4.69, 9.17) is 11.2 Å². The number of ether oxygens (including phenoxy) is 1. The van der Waals surface area contributed by atoms with Crippen LogP contribution in [0.3, 0.4) is 0 Å². The van der Waals surface area contributed by atoms with Crippen molar-refractivity contribution in [2.24, 2.45) is 11.8 Å². The highest BCUT2D eigenvalue weighted by Crippen LogP contribution is 2.23. The van der Waals surface area contributed by atoms with Crippen LogP contribution in [0.2, 0.25) is 0 Å². The number of rotatable bonds is 2. The van der Waals surface area contributed by atoms with Gasteiger partial charge in [0.15, 0.2) is 0 Å². The molecule has 1 aliphatic heterocycles. The molecule has 1 aromatic carbocycles. The van der Waals surface area contributed by atoms with Crippen LogP contribution >= 0.6 is 0 Å². The van der Waals surface area contributed by atoms with Crippen molar-refractivity contribution < 1.29 is 9.53 Å². The summed E-state index contributed by atoms with van der Waals surface area (Å²) in [6, 6.07) is 7.34. The van der Waals surface area contributed by atoms with Gasteiger partial charge in [-0.05, 0) is 30.5 Å². The van der Waals surface area contributed by atoms with Crippen molar-refractivity contribution in [2.45, 2.75) is 13.3 Å². The summed E-state index contributed by atoms with van der Waals surface area (Å²) in [6.45, 7) is 3.36. The quantitative estimate of drug-likeness (QED) is 0.809. The molecule has 2 rings (SSSR count). The van der Waals surface area contributed by atoms with E-state index in [0.29, 0.717) is 13.2 Å². The van der Waals surface area contributed by atoms with Crippen molar-refractivity contribution in [3.05, 3.63) is 29.8 Å². The monoisotopic (exact) mass is 243 g/mol. The maximum atomic E-state index is 12.2. The van der Waals surface area contributed by atoms with Crippen LogP contribution in [0, 0.1) is 24.2 Å². The lowest BCUT2D eigenvalue weighted by molar-refractivity contribution is -0.125. The highest BCUT2D eigenvalue weighted by Gasteiger charge is 2.28. The average Bonchev–Trinajstić information content (AvgIpc) is 2.39. The molecular formula is C15H17NO2. The van der Waals surface area contributed by atoms with E-state index in [1.54, 1.807) is 0 Å². The minimum Gasteiger partial charge on any atom is -0.381 e. The van der Waals surface area contributed by atoms with Gasteiger partial charge in [-0.25, -0.2) is 0 Å². The van der Waals surface area contributed by atoms with Crippen molar-refractivity contribution in [1.29, 1.82) is 0 Å². The van der Waals surface area contributed by atoms with E-state index >= 15 is 0 Å². The third kappa shape index (κ3) is 2.91. The molecule has 18 heavy (non-hydrogen) atoms. The second-order valence-corrected chi connectivity index (χ2v) is 4.66. The summed E-state index contributed by atoms with van der Waals surface area (Å²) in [6.07, 6.45) is 6.11. The third-order valence-electron chi connectivity index (χ3n) is 3.27. The molecule has 1 heterocycles. The molecule has 3 heteroatoms. The first-order chi connectivity index (χ1) is 8.70. The van der Waals surface area contributed by atoms with Crippen LogP contribution in [0.15, 0.2) is 24.3 Å². The maximum Gasteiger partial charge on any atom is 0.227 e. The molecule has 2 unspecified atom stereocenters. The molecule has 1 saturated heterocycles. The van der Waals surface area contributed by atoms with E-state index in [-0.39, 0.29) is 17.7 Å². The Hall–Kier alpha value is -1.79. The molecule has 3 nitrogen and oxygen atoms in total. The zero-order valence-corrected chi connectivity index (χ0v) is 10.5. The minimum absolute atomic E-state index is 0.0215. The normalized spacial score (nSPS) is 23.1. The van der Waals surface area contributed by atoms with Crippen LogP contribution in [0.1, 0.15) is 18.9 Å². The minimum atomic E-state index is 0.0215. The molecule has 1 N–H and O–H groups in total. The topological polar surface area (TPSA) is 38.3 Å². The van der Waals surface area contributed by atoms with Crippen molar-refractivity contribution in [3.8, 4) is 12.3 Å². The van der Waals surface area contributed by atoms with Crippen LogP contribution in [-0.4, -0.2) is 19.1 Å². The van der Waals surface area contributed by atoms with E-state index in [1.807, 2.05) is 31.2 Å². The van der Waals surface area contributed by atoms with Crippen molar-refractivity contribution in [1.82, 2.24) is 0 Å². The molecule has 0 aromatic heterocycles. The molecule has 1 amide bonds. The summed E-state index contributed by atoms with van der Waals surface area (Å²) < 4.78 is 5.34. The molecule has 0 spiro atoms. The van der Waals surface area contributed by atoms with E-state index in [9.17, 15) is 4.79 Å². The number of hydrogen-bond donors (Lipinski definition) is 1. The predicted octanol–water partition coefficient (Wildman–Crippen LogP) is 2.28. The standard InChI is InChI=1S/C15H17NO2/c1-3-12-5-4-6-13(9-12)16-15(17)14-7-8-18-10-11(14)2/h1,4-6,9,11,14H,7-8,10H2,2H3,(H,16,17). The maximum absolute atomic E-state index is 12.2. The van der Waals surface area contributed by atoms with Crippen LogP contribution in [0.5, 0.6) is 0 Å². The lowest BCUT2D eigenvalue weighted by Crippen LogP contribution is -2.34. The molecule has 0 saturated carbocycles. The first kappa shape index (κ1) is 12.7. The zero-order valence-electron chi connectivity index (χ0n) is 10.5. The second-order valence-electron chi connectivity index (χ2n) is 4.66. The molecule has 2 atom stereocenters. The second kappa shape index (κ2) is 5.70. The van der Waals surface area contributed by atoms with Crippen LogP contribution in [0.4, 0.5) is 5.69 Å². The Morgan fingerprint density at radius 1 is 1.56 bits per heavy atom. The number of amides is 1. The van der Waals surface area contributed by atoms with Gasteiger partial charge in [0, 0.05) is 30.4 Å². The van der Waals surface area contributed by atoms with Crippen LogP contribution < -0.4 is 5.32 Å². The van der Waals surface area contributed by atoms with Gasteiger partial charge < -0.3 is 10.1 Å². The Kier molecular flexibility index (Phi) is 4.01. The van der Waals surface area contributed by atoms with E-state index in [1.165, 1.54) is 0 Å². The third-order valence-corrected chi connectivity index (χ3v) is 3.27. The highest BCUT2D eigenvalue weighted by molar-refractivity contribution is 5.92. The smallest absolute Gasteiger partial charge is 0.227 e. The van der Waals surface area contributed by atoms with Crippen molar-refractivity contribution in [2.75, 3.05) is 18.5 Å². The Morgan fingerprint density at radius 2 is 2.39 bits per heavy atom. The van der Waals surface area contributed by atoms with Gasteiger partial charge in [-0.1, -0.05) is 18.9 Å². The predicted molar refractivity (Wildman–Crippen MR) is 71.1 cm³/mol. The number of terminal acetylenes is 1. The summed E-state index contributed by atoms with van der Waals surface area (Å²) in [7, 11) is 0.